The SMILES string of the molecule is NC(=O)[C@@H]1C2CCC(C2)[C@@H]1Nc1nc(NCc2ccccc2Sc2ccccc2CO)nc2ccccc12. The lowest BCUT2D eigenvalue weighted by Crippen LogP contribution is -2.42. The molecule has 5 N–H and O–H groups in total. The average molecular weight is 526 g/mol. The van der Waals surface area contributed by atoms with E-state index in [0.717, 1.165) is 56.9 Å². The molecule has 38 heavy (non-hydrogen) atoms. The quantitative estimate of drug-likeness (QED) is 0.238. The molecule has 2 fully saturated rings. The lowest BCUT2D eigenvalue weighted by atomic mass is 9.84. The van der Waals surface area contributed by atoms with Gasteiger partial charge in [-0.1, -0.05) is 60.3 Å². The Kier molecular flexibility index (Phi) is 6.91. The first-order valence-electron chi connectivity index (χ1n) is 13.1. The van der Waals surface area contributed by atoms with Crippen molar-refractivity contribution in [3.8, 4) is 0 Å². The van der Waals surface area contributed by atoms with Crippen LogP contribution in [0.1, 0.15) is 30.4 Å². The number of nitrogens with one attached hydrogen (secondary N) is 2. The maximum absolute atomic E-state index is 12.3. The number of nitrogens with zero attached hydrogens (tertiary/aromatic N) is 2. The van der Waals surface area contributed by atoms with Crippen molar-refractivity contribution in [3.05, 3.63) is 83.9 Å². The van der Waals surface area contributed by atoms with Crippen molar-refractivity contribution < 1.29 is 9.90 Å². The summed E-state index contributed by atoms with van der Waals surface area (Å²) in [7, 11) is 0. The summed E-state index contributed by atoms with van der Waals surface area (Å²) in [6.45, 7) is 0.545. The van der Waals surface area contributed by atoms with E-state index in [-0.39, 0.29) is 24.5 Å². The number of para-hydroxylation sites is 1. The van der Waals surface area contributed by atoms with Crippen LogP contribution < -0.4 is 16.4 Å². The molecule has 2 aliphatic rings. The number of amides is 1. The summed E-state index contributed by atoms with van der Waals surface area (Å²) in [5.74, 6) is 1.69. The van der Waals surface area contributed by atoms with Crippen LogP contribution in [0.3, 0.4) is 0 Å². The van der Waals surface area contributed by atoms with Crippen LogP contribution in [0, 0.1) is 17.8 Å². The van der Waals surface area contributed by atoms with Gasteiger partial charge in [0.1, 0.15) is 5.82 Å². The van der Waals surface area contributed by atoms with Crippen molar-refractivity contribution in [3.63, 3.8) is 0 Å². The average Bonchev–Trinajstić information content (AvgIpc) is 3.55. The van der Waals surface area contributed by atoms with Crippen molar-refractivity contribution in [2.24, 2.45) is 23.5 Å². The number of carbonyl (C=O) groups excluding carboxylic acids is 1. The molecule has 1 aromatic heterocycles. The second-order valence-corrected chi connectivity index (χ2v) is 11.3. The Morgan fingerprint density at radius 2 is 1.61 bits per heavy atom. The molecule has 7 nitrogen and oxygen atoms in total. The van der Waals surface area contributed by atoms with Crippen molar-refractivity contribution in [2.75, 3.05) is 10.6 Å². The highest BCUT2D eigenvalue weighted by molar-refractivity contribution is 7.99. The first-order valence-corrected chi connectivity index (χ1v) is 13.9. The molecule has 2 unspecified atom stereocenters. The predicted molar refractivity (Wildman–Crippen MR) is 151 cm³/mol. The fourth-order valence-electron chi connectivity index (χ4n) is 6.11. The van der Waals surface area contributed by atoms with E-state index in [2.05, 4.69) is 22.8 Å². The zero-order valence-electron chi connectivity index (χ0n) is 21.0. The van der Waals surface area contributed by atoms with Crippen LogP contribution in [0.5, 0.6) is 0 Å². The number of hydrogen-bond acceptors (Lipinski definition) is 7. The smallest absolute Gasteiger partial charge is 0.225 e. The van der Waals surface area contributed by atoms with Gasteiger partial charge in [-0.2, -0.15) is 4.98 Å². The Bertz CT molecular complexity index is 1480. The van der Waals surface area contributed by atoms with Gasteiger partial charge in [-0.15, -0.1) is 0 Å². The summed E-state index contributed by atoms with van der Waals surface area (Å²) in [6, 6.07) is 24.1. The van der Waals surface area contributed by atoms with Crippen LogP contribution in [0.25, 0.3) is 10.9 Å². The molecule has 4 aromatic rings. The number of aliphatic hydroxyl groups excluding tert-OH is 1. The molecular formula is C30H31N5O2S. The topological polar surface area (TPSA) is 113 Å². The largest absolute Gasteiger partial charge is 0.392 e. The molecule has 0 saturated heterocycles. The molecule has 2 aliphatic carbocycles. The number of hydrogen-bond donors (Lipinski definition) is 4. The standard InChI is InChI=1S/C30H31N5O2S/c31-28(37)26-18-13-14-19(15-18)27(26)34-29-22-9-3-4-10-23(22)33-30(35-29)32-16-20-7-1-5-11-24(20)38-25-12-6-2-8-21(25)17-36/h1-12,18-19,26-27,36H,13-17H2,(H2,31,37)(H2,32,33,34,35)/t18?,19?,26-,27+/m1/s1. The molecule has 2 saturated carbocycles. The Morgan fingerprint density at radius 1 is 0.921 bits per heavy atom. The highest BCUT2D eigenvalue weighted by Crippen LogP contribution is 2.49. The van der Waals surface area contributed by atoms with Crippen molar-refractivity contribution >= 4 is 40.3 Å². The number of benzene rings is 3. The highest BCUT2D eigenvalue weighted by atomic mass is 32.2. The zero-order chi connectivity index (χ0) is 26.1. The van der Waals surface area contributed by atoms with Gasteiger partial charge < -0.3 is 21.5 Å². The van der Waals surface area contributed by atoms with Crippen LogP contribution in [-0.2, 0) is 17.9 Å². The fraction of sp³-hybridized carbons (Fsp3) is 0.300. The Balaban J connectivity index is 1.26. The molecular weight excluding hydrogens is 494 g/mol. The summed E-state index contributed by atoms with van der Waals surface area (Å²) < 4.78 is 0. The maximum atomic E-state index is 12.3. The fourth-order valence-corrected chi connectivity index (χ4v) is 7.17. The second-order valence-electron chi connectivity index (χ2n) is 10.2. The molecule has 8 heteroatoms. The van der Waals surface area contributed by atoms with E-state index in [9.17, 15) is 9.90 Å². The highest BCUT2D eigenvalue weighted by Gasteiger charge is 2.50. The van der Waals surface area contributed by atoms with E-state index >= 15 is 0 Å². The van der Waals surface area contributed by atoms with E-state index in [0.29, 0.717) is 24.3 Å². The van der Waals surface area contributed by atoms with E-state index in [4.69, 9.17) is 15.7 Å². The van der Waals surface area contributed by atoms with Gasteiger partial charge >= 0.3 is 0 Å². The molecule has 194 valence electrons. The molecule has 0 spiro atoms. The van der Waals surface area contributed by atoms with Gasteiger partial charge in [-0.3, -0.25) is 4.79 Å². The molecule has 1 heterocycles. The van der Waals surface area contributed by atoms with Gasteiger partial charge in [0.15, 0.2) is 0 Å². The van der Waals surface area contributed by atoms with Crippen LogP contribution in [-0.4, -0.2) is 27.0 Å². The van der Waals surface area contributed by atoms with Gasteiger partial charge in [-0.05, 0) is 66.5 Å². The van der Waals surface area contributed by atoms with Crippen molar-refractivity contribution in [2.45, 2.75) is 48.2 Å². The third kappa shape index (κ3) is 4.81. The number of aliphatic hydroxyl groups is 1. The Hall–Kier alpha value is -3.62. The monoisotopic (exact) mass is 525 g/mol. The van der Waals surface area contributed by atoms with Gasteiger partial charge in [0.2, 0.25) is 11.9 Å². The molecule has 0 aliphatic heterocycles. The third-order valence-corrected chi connectivity index (χ3v) is 9.16. The summed E-state index contributed by atoms with van der Waals surface area (Å²) in [5, 5.41) is 17.7. The van der Waals surface area contributed by atoms with Crippen molar-refractivity contribution in [1.82, 2.24) is 9.97 Å². The first-order chi connectivity index (χ1) is 18.6. The number of fused-ring (bicyclic) bond motifs is 3. The molecule has 3 aromatic carbocycles. The van der Waals surface area contributed by atoms with Crippen molar-refractivity contribution in [1.29, 1.82) is 0 Å². The molecule has 4 atom stereocenters. The Morgan fingerprint density at radius 3 is 2.39 bits per heavy atom. The van der Waals surface area contributed by atoms with E-state index in [1.165, 1.54) is 0 Å². The maximum Gasteiger partial charge on any atom is 0.225 e. The van der Waals surface area contributed by atoms with Crippen LogP contribution in [0.4, 0.5) is 11.8 Å². The summed E-state index contributed by atoms with van der Waals surface area (Å²) in [6.07, 6.45) is 3.25. The number of nitrogens with two attached hydrogens (primary N) is 1. The summed E-state index contributed by atoms with van der Waals surface area (Å²) >= 11 is 1.64. The number of primary amides is 1. The van der Waals surface area contributed by atoms with Crippen LogP contribution >= 0.6 is 11.8 Å². The lowest BCUT2D eigenvalue weighted by Gasteiger charge is -2.30. The predicted octanol–water partition coefficient (Wildman–Crippen LogP) is 5.20. The zero-order valence-corrected chi connectivity index (χ0v) is 21.8. The summed E-state index contributed by atoms with van der Waals surface area (Å²) in [5.41, 5.74) is 8.69. The van der Waals surface area contributed by atoms with E-state index < -0.39 is 0 Å². The Labute approximate surface area is 226 Å². The number of aromatic nitrogens is 2. The van der Waals surface area contributed by atoms with Gasteiger partial charge in [0, 0.05) is 27.8 Å². The minimum absolute atomic E-state index is 0.00104. The second kappa shape index (κ2) is 10.6. The number of rotatable bonds is 9. The van der Waals surface area contributed by atoms with Gasteiger partial charge in [0.05, 0.1) is 18.0 Å². The van der Waals surface area contributed by atoms with Gasteiger partial charge in [0.25, 0.3) is 0 Å². The summed E-state index contributed by atoms with van der Waals surface area (Å²) in [4.78, 5) is 24.1. The molecule has 2 bridgehead atoms. The number of anilines is 2. The minimum Gasteiger partial charge on any atom is -0.392 e. The first kappa shape index (κ1) is 24.7. The van der Waals surface area contributed by atoms with Crippen LogP contribution in [0.2, 0.25) is 0 Å². The molecule has 6 rings (SSSR count). The lowest BCUT2D eigenvalue weighted by molar-refractivity contribution is -0.123. The third-order valence-electron chi connectivity index (χ3n) is 7.92. The molecule has 0 radical (unpaired) electrons. The minimum atomic E-state index is -0.219. The van der Waals surface area contributed by atoms with Crippen LogP contribution in [0.15, 0.2) is 82.6 Å². The molecule has 1 amide bonds. The normalized spacial score (nSPS) is 22.0. The van der Waals surface area contributed by atoms with E-state index in [1.807, 2.05) is 60.7 Å². The van der Waals surface area contributed by atoms with Gasteiger partial charge in [-0.25, -0.2) is 4.98 Å². The number of carbonyl (C=O) groups is 1. The van der Waals surface area contributed by atoms with E-state index in [1.54, 1.807) is 11.8 Å².